The van der Waals surface area contributed by atoms with Gasteiger partial charge >= 0.3 is 0 Å². The molecule has 0 aromatic heterocycles. The van der Waals surface area contributed by atoms with E-state index in [2.05, 4.69) is 5.32 Å². The van der Waals surface area contributed by atoms with E-state index in [1.54, 1.807) is 6.07 Å². The van der Waals surface area contributed by atoms with E-state index < -0.39 is 10.0 Å². The molecule has 0 bridgehead atoms. The van der Waals surface area contributed by atoms with Crippen LogP contribution in [-0.2, 0) is 22.9 Å². The van der Waals surface area contributed by atoms with Crippen LogP contribution < -0.4 is 10.1 Å². The van der Waals surface area contributed by atoms with Gasteiger partial charge in [0.15, 0.2) is 0 Å². The number of hydrogen-bond donors (Lipinski definition) is 1. The van der Waals surface area contributed by atoms with E-state index in [9.17, 15) is 13.2 Å². The molecule has 160 valence electrons. The number of carbonyl (C=O) groups is 1. The lowest BCUT2D eigenvalue weighted by molar-refractivity contribution is 0.102. The van der Waals surface area contributed by atoms with Gasteiger partial charge in [-0.1, -0.05) is 12.5 Å². The summed E-state index contributed by atoms with van der Waals surface area (Å²) in [6.07, 6.45) is 7.17. The summed E-state index contributed by atoms with van der Waals surface area (Å²) in [4.78, 5) is 13.1. The minimum absolute atomic E-state index is 0.172. The van der Waals surface area contributed by atoms with Crippen LogP contribution in [0.15, 0.2) is 41.3 Å². The summed E-state index contributed by atoms with van der Waals surface area (Å²) in [7, 11) is -2.09. The van der Waals surface area contributed by atoms with Gasteiger partial charge in [0.25, 0.3) is 5.91 Å². The molecular formula is C23H28N2O4S. The molecule has 0 radical (unpaired) electrons. The fourth-order valence-electron chi connectivity index (χ4n) is 4.27. The Bertz CT molecular complexity index is 1040. The normalized spacial score (nSPS) is 17.2. The summed E-state index contributed by atoms with van der Waals surface area (Å²) in [6, 6.07) is 10.4. The largest absolute Gasteiger partial charge is 0.495 e. The van der Waals surface area contributed by atoms with Gasteiger partial charge in [-0.2, -0.15) is 4.31 Å². The summed E-state index contributed by atoms with van der Waals surface area (Å²) < 4.78 is 32.9. The number of hydrogen-bond acceptors (Lipinski definition) is 4. The van der Waals surface area contributed by atoms with Crippen molar-refractivity contribution in [3.8, 4) is 5.75 Å². The maximum Gasteiger partial charge on any atom is 0.255 e. The molecule has 1 amide bonds. The number of ether oxygens (including phenoxy) is 1. The number of fused-ring (bicyclic) bond motifs is 1. The third kappa shape index (κ3) is 4.23. The number of aryl methyl sites for hydroxylation is 2. The lowest BCUT2D eigenvalue weighted by atomic mass is 9.90. The molecule has 2 aliphatic rings. The van der Waals surface area contributed by atoms with Gasteiger partial charge < -0.3 is 10.1 Å². The van der Waals surface area contributed by atoms with Gasteiger partial charge in [0, 0.05) is 18.7 Å². The Kier molecular flexibility index (Phi) is 6.11. The van der Waals surface area contributed by atoms with Crippen molar-refractivity contribution >= 4 is 21.6 Å². The van der Waals surface area contributed by atoms with E-state index in [-0.39, 0.29) is 10.8 Å². The van der Waals surface area contributed by atoms with Crippen LogP contribution in [0.25, 0.3) is 0 Å². The van der Waals surface area contributed by atoms with E-state index in [4.69, 9.17) is 4.74 Å². The highest BCUT2D eigenvalue weighted by atomic mass is 32.2. The highest BCUT2D eigenvalue weighted by Crippen LogP contribution is 2.31. The van der Waals surface area contributed by atoms with Crippen LogP contribution >= 0.6 is 0 Å². The Hall–Kier alpha value is -2.38. The molecule has 4 rings (SSSR count). The number of rotatable bonds is 5. The van der Waals surface area contributed by atoms with E-state index in [1.807, 2.05) is 18.2 Å². The molecule has 30 heavy (non-hydrogen) atoms. The van der Waals surface area contributed by atoms with Crippen LogP contribution in [-0.4, -0.2) is 38.8 Å². The van der Waals surface area contributed by atoms with Crippen LogP contribution in [0.3, 0.4) is 0 Å². The average Bonchev–Trinajstić information content (AvgIpc) is 2.79. The molecule has 1 saturated heterocycles. The molecule has 0 unspecified atom stereocenters. The van der Waals surface area contributed by atoms with Gasteiger partial charge in [0.05, 0.1) is 17.7 Å². The Morgan fingerprint density at radius 2 is 1.67 bits per heavy atom. The lowest BCUT2D eigenvalue weighted by Gasteiger charge is -2.26. The van der Waals surface area contributed by atoms with Crippen molar-refractivity contribution in [3.63, 3.8) is 0 Å². The second kappa shape index (κ2) is 8.78. The number of nitrogens with one attached hydrogen (secondary N) is 1. The molecule has 7 heteroatoms. The standard InChI is InChI=1S/C23H28N2O4S/c1-29-22-12-11-20(30(27,28)25-13-5-2-6-14-25)16-21(22)24-23(26)19-10-9-17-7-3-4-8-18(17)15-19/h9-12,15-16H,2-8,13-14H2,1H3,(H,24,26). The SMILES string of the molecule is COc1ccc(S(=O)(=O)N2CCCCC2)cc1NC(=O)c1ccc2c(c1)CCCC2. The highest BCUT2D eigenvalue weighted by Gasteiger charge is 2.27. The zero-order chi connectivity index (χ0) is 21.1. The number of carbonyl (C=O) groups excluding carboxylic acids is 1. The van der Waals surface area contributed by atoms with Crippen LogP contribution in [0.1, 0.15) is 53.6 Å². The first-order chi connectivity index (χ1) is 14.5. The van der Waals surface area contributed by atoms with E-state index in [0.717, 1.165) is 38.5 Å². The monoisotopic (exact) mass is 428 g/mol. The van der Waals surface area contributed by atoms with Crippen LogP contribution in [0, 0.1) is 0 Å². The molecule has 2 aromatic carbocycles. The van der Waals surface area contributed by atoms with Crippen molar-refractivity contribution < 1.29 is 17.9 Å². The number of amides is 1. The van der Waals surface area contributed by atoms with Gasteiger partial charge in [-0.15, -0.1) is 0 Å². The third-order valence-electron chi connectivity index (χ3n) is 5.98. The first-order valence-electron chi connectivity index (χ1n) is 10.6. The quantitative estimate of drug-likeness (QED) is 0.781. The van der Waals surface area contributed by atoms with Gasteiger partial charge in [0.1, 0.15) is 5.75 Å². The molecule has 1 heterocycles. The topological polar surface area (TPSA) is 75.7 Å². The molecule has 2 aromatic rings. The maximum absolute atomic E-state index is 13.0. The highest BCUT2D eigenvalue weighted by molar-refractivity contribution is 7.89. The summed E-state index contributed by atoms with van der Waals surface area (Å²) >= 11 is 0. The van der Waals surface area contributed by atoms with Gasteiger partial charge in [-0.05, 0) is 80.0 Å². The molecule has 1 fully saturated rings. The van der Waals surface area contributed by atoms with Crippen molar-refractivity contribution in [3.05, 3.63) is 53.1 Å². The minimum Gasteiger partial charge on any atom is -0.495 e. The first-order valence-corrected chi connectivity index (χ1v) is 12.0. The smallest absolute Gasteiger partial charge is 0.255 e. The molecular weight excluding hydrogens is 400 g/mol. The zero-order valence-corrected chi connectivity index (χ0v) is 18.1. The van der Waals surface area contributed by atoms with Crippen molar-refractivity contribution in [1.29, 1.82) is 0 Å². The summed E-state index contributed by atoms with van der Waals surface area (Å²) in [6.45, 7) is 1.07. The number of anilines is 1. The zero-order valence-electron chi connectivity index (χ0n) is 17.3. The van der Waals surface area contributed by atoms with Crippen molar-refractivity contribution in [1.82, 2.24) is 4.31 Å². The fraction of sp³-hybridized carbons (Fsp3) is 0.435. The predicted octanol–water partition coefficient (Wildman–Crippen LogP) is 4.00. The number of piperidine rings is 1. The van der Waals surface area contributed by atoms with Crippen LogP contribution in [0.5, 0.6) is 5.75 Å². The van der Waals surface area contributed by atoms with Crippen molar-refractivity contribution in [2.45, 2.75) is 49.8 Å². The van der Waals surface area contributed by atoms with E-state index in [1.165, 1.54) is 41.1 Å². The number of methoxy groups -OCH3 is 1. The Morgan fingerprint density at radius 3 is 2.40 bits per heavy atom. The number of benzene rings is 2. The van der Waals surface area contributed by atoms with E-state index >= 15 is 0 Å². The van der Waals surface area contributed by atoms with Gasteiger partial charge in [0.2, 0.25) is 10.0 Å². The summed E-state index contributed by atoms with van der Waals surface area (Å²) in [5.74, 6) is 0.160. The van der Waals surface area contributed by atoms with Crippen molar-refractivity contribution in [2.75, 3.05) is 25.5 Å². The minimum atomic E-state index is -3.60. The molecule has 0 saturated carbocycles. The fourth-order valence-corrected chi connectivity index (χ4v) is 5.81. The Balaban J connectivity index is 1.60. The van der Waals surface area contributed by atoms with Crippen molar-refractivity contribution in [2.24, 2.45) is 0 Å². The van der Waals surface area contributed by atoms with Gasteiger partial charge in [-0.3, -0.25) is 4.79 Å². The third-order valence-corrected chi connectivity index (χ3v) is 7.88. The number of sulfonamides is 1. The Labute approximate surface area is 178 Å². The second-order valence-electron chi connectivity index (χ2n) is 7.97. The summed E-state index contributed by atoms with van der Waals surface area (Å²) in [5.41, 5.74) is 3.47. The molecule has 1 aliphatic carbocycles. The maximum atomic E-state index is 13.0. The van der Waals surface area contributed by atoms with Crippen LogP contribution in [0.2, 0.25) is 0 Å². The van der Waals surface area contributed by atoms with E-state index in [0.29, 0.717) is 30.1 Å². The second-order valence-corrected chi connectivity index (χ2v) is 9.91. The number of nitrogens with zero attached hydrogens (tertiary/aromatic N) is 1. The lowest BCUT2D eigenvalue weighted by Crippen LogP contribution is -2.35. The predicted molar refractivity (Wildman–Crippen MR) is 117 cm³/mol. The molecule has 0 atom stereocenters. The first kappa shape index (κ1) is 20.9. The molecule has 1 N–H and O–H groups in total. The molecule has 0 spiro atoms. The van der Waals surface area contributed by atoms with Crippen LogP contribution in [0.4, 0.5) is 5.69 Å². The molecule has 6 nitrogen and oxygen atoms in total. The molecule has 1 aliphatic heterocycles. The summed E-state index contributed by atoms with van der Waals surface area (Å²) in [5, 5.41) is 2.85. The average molecular weight is 429 g/mol. The van der Waals surface area contributed by atoms with Gasteiger partial charge in [-0.25, -0.2) is 8.42 Å². The Morgan fingerprint density at radius 1 is 0.933 bits per heavy atom.